The first-order chi connectivity index (χ1) is 12.3. The molecule has 0 saturated carbocycles. The van der Waals surface area contributed by atoms with Crippen molar-refractivity contribution in [1.29, 1.82) is 0 Å². The standard InChI is InChI=1S/C21H25FN2O/c22-19-7-2-1-6-18(19)21-9-3-8-20(23-21)16-5-4-12-24(15-16)17-10-13-25-14-11-17/h1-3,6-9,16-17H,4-5,10-15H2/t16-/m0/s1. The molecule has 2 aromatic rings. The third-order valence-corrected chi connectivity index (χ3v) is 5.50. The number of hydrogen-bond acceptors (Lipinski definition) is 3. The predicted molar refractivity (Wildman–Crippen MR) is 97.0 cm³/mol. The Morgan fingerprint density at radius 3 is 2.68 bits per heavy atom. The maximum atomic E-state index is 14.1. The first kappa shape index (κ1) is 16.7. The van der Waals surface area contributed by atoms with E-state index in [0.29, 0.717) is 17.5 Å². The Morgan fingerprint density at radius 2 is 1.84 bits per heavy atom. The zero-order chi connectivity index (χ0) is 17.1. The number of nitrogens with zero attached hydrogens (tertiary/aromatic N) is 2. The van der Waals surface area contributed by atoms with Gasteiger partial charge in [-0.05, 0) is 56.5 Å². The van der Waals surface area contributed by atoms with Gasteiger partial charge in [0, 0.05) is 43.0 Å². The topological polar surface area (TPSA) is 25.4 Å². The van der Waals surface area contributed by atoms with Gasteiger partial charge in [-0.25, -0.2) is 4.39 Å². The lowest BCUT2D eigenvalue weighted by molar-refractivity contribution is 0.0238. The van der Waals surface area contributed by atoms with Crippen LogP contribution in [0.2, 0.25) is 0 Å². The van der Waals surface area contributed by atoms with E-state index in [1.54, 1.807) is 12.1 Å². The number of aromatic nitrogens is 1. The second-order valence-corrected chi connectivity index (χ2v) is 7.11. The van der Waals surface area contributed by atoms with Crippen LogP contribution in [0.25, 0.3) is 11.3 Å². The van der Waals surface area contributed by atoms with Crippen LogP contribution in [0.1, 0.15) is 37.3 Å². The molecule has 2 saturated heterocycles. The summed E-state index contributed by atoms with van der Waals surface area (Å²) >= 11 is 0. The number of halogens is 1. The van der Waals surface area contributed by atoms with Crippen molar-refractivity contribution < 1.29 is 9.13 Å². The summed E-state index contributed by atoms with van der Waals surface area (Å²) in [5.41, 5.74) is 2.41. The van der Waals surface area contributed by atoms with Crippen LogP contribution in [0.5, 0.6) is 0 Å². The van der Waals surface area contributed by atoms with Gasteiger partial charge >= 0.3 is 0 Å². The highest BCUT2D eigenvalue weighted by atomic mass is 19.1. The van der Waals surface area contributed by atoms with Crippen LogP contribution in [0, 0.1) is 5.82 Å². The highest BCUT2D eigenvalue weighted by Crippen LogP contribution is 2.30. The summed E-state index contributed by atoms with van der Waals surface area (Å²) < 4.78 is 19.6. The maximum absolute atomic E-state index is 14.1. The van der Waals surface area contributed by atoms with Gasteiger partial charge in [0.05, 0.1) is 5.69 Å². The average Bonchev–Trinajstić information content (AvgIpc) is 2.69. The summed E-state index contributed by atoms with van der Waals surface area (Å²) in [5, 5.41) is 0. The molecule has 1 aromatic carbocycles. The van der Waals surface area contributed by atoms with Gasteiger partial charge in [0.2, 0.25) is 0 Å². The van der Waals surface area contributed by atoms with Crippen molar-refractivity contribution >= 4 is 0 Å². The van der Waals surface area contributed by atoms with Crippen LogP contribution < -0.4 is 0 Å². The second-order valence-electron chi connectivity index (χ2n) is 7.11. The van der Waals surface area contributed by atoms with Gasteiger partial charge in [-0.3, -0.25) is 9.88 Å². The van der Waals surface area contributed by atoms with E-state index in [1.807, 2.05) is 18.2 Å². The molecule has 0 bridgehead atoms. The van der Waals surface area contributed by atoms with Crippen molar-refractivity contribution in [3.63, 3.8) is 0 Å². The maximum Gasteiger partial charge on any atom is 0.132 e. The lowest BCUT2D eigenvalue weighted by Crippen LogP contribution is -2.44. The molecule has 3 nitrogen and oxygen atoms in total. The van der Waals surface area contributed by atoms with Crippen LogP contribution in [-0.4, -0.2) is 42.2 Å². The third kappa shape index (κ3) is 3.75. The molecule has 0 radical (unpaired) electrons. The molecule has 0 amide bonds. The average molecular weight is 340 g/mol. The van der Waals surface area contributed by atoms with E-state index < -0.39 is 0 Å². The molecular formula is C21H25FN2O. The molecule has 4 rings (SSSR count). The number of piperidine rings is 1. The fourth-order valence-corrected chi connectivity index (χ4v) is 4.13. The highest BCUT2D eigenvalue weighted by Gasteiger charge is 2.28. The van der Waals surface area contributed by atoms with Crippen LogP contribution in [-0.2, 0) is 4.74 Å². The van der Waals surface area contributed by atoms with Crippen molar-refractivity contribution in [3.05, 3.63) is 54.0 Å². The smallest absolute Gasteiger partial charge is 0.132 e. The zero-order valence-corrected chi connectivity index (χ0v) is 14.5. The first-order valence-corrected chi connectivity index (χ1v) is 9.35. The van der Waals surface area contributed by atoms with Gasteiger partial charge in [-0.15, -0.1) is 0 Å². The number of benzene rings is 1. The van der Waals surface area contributed by atoms with Gasteiger partial charge in [0.1, 0.15) is 5.82 Å². The van der Waals surface area contributed by atoms with Crippen molar-refractivity contribution in [2.75, 3.05) is 26.3 Å². The Hall–Kier alpha value is -1.78. The van der Waals surface area contributed by atoms with Gasteiger partial charge in [-0.2, -0.15) is 0 Å². The fourth-order valence-electron chi connectivity index (χ4n) is 4.13. The van der Waals surface area contributed by atoms with Gasteiger partial charge < -0.3 is 4.74 Å². The van der Waals surface area contributed by atoms with E-state index in [9.17, 15) is 4.39 Å². The lowest BCUT2D eigenvalue weighted by atomic mass is 9.91. The predicted octanol–water partition coefficient (Wildman–Crippen LogP) is 4.25. The summed E-state index contributed by atoms with van der Waals surface area (Å²) in [6.45, 7) is 3.99. The molecule has 0 spiro atoms. The molecule has 2 fully saturated rings. The quantitative estimate of drug-likeness (QED) is 0.835. The molecule has 1 aromatic heterocycles. The Kier molecular flexibility index (Phi) is 5.09. The zero-order valence-electron chi connectivity index (χ0n) is 14.5. The normalized spacial score (nSPS) is 22.8. The summed E-state index contributed by atoms with van der Waals surface area (Å²) in [7, 11) is 0. The number of ether oxygens (including phenoxy) is 1. The molecule has 25 heavy (non-hydrogen) atoms. The van der Waals surface area contributed by atoms with Crippen molar-refractivity contribution in [1.82, 2.24) is 9.88 Å². The third-order valence-electron chi connectivity index (χ3n) is 5.50. The van der Waals surface area contributed by atoms with E-state index in [2.05, 4.69) is 11.0 Å². The molecule has 0 unspecified atom stereocenters. The van der Waals surface area contributed by atoms with E-state index in [1.165, 1.54) is 19.0 Å². The van der Waals surface area contributed by atoms with Crippen LogP contribution in [0.3, 0.4) is 0 Å². The number of pyridine rings is 1. The number of likely N-dealkylation sites (tertiary alicyclic amines) is 1. The number of hydrogen-bond donors (Lipinski definition) is 0. The van der Waals surface area contributed by atoms with Crippen LogP contribution in [0.15, 0.2) is 42.5 Å². The molecule has 0 N–H and O–H groups in total. The molecule has 3 heterocycles. The highest BCUT2D eigenvalue weighted by molar-refractivity contribution is 5.59. The fraction of sp³-hybridized carbons (Fsp3) is 0.476. The van der Waals surface area contributed by atoms with Gasteiger partial charge in [0.25, 0.3) is 0 Å². The SMILES string of the molecule is Fc1ccccc1-c1cccc([C@H]2CCCN(C3CCOCC3)C2)n1. The molecule has 2 aliphatic rings. The van der Waals surface area contributed by atoms with Crippen molar-refractivity contribution in [2.24, 2.45) is 0 Å². The minimum Gasteiger partial charge on any atom is -0.381 e. The van der Waals surface area contributed by atoms with Crippen molar-refractivity contribution in [3.8, 4) is 11.3 Å². The Bertz CT molecular complexity index is 715. The molecule has 4 heteroatoms. The van der Waals surface area contributed by atoms with Crippen molar-refractivity contribution in [2.45, 2.75) is 37.6 Å². The number of rotatable bonds is 3. The molecule has 132 valence electrons. The minimum absolute atomic E-state index is 0.209. The van der Waals surface area contributed by atoms with Gasteiger partial charge in [-0.1, -0.05) is 18.2 Å². The molecule has 1 atom stereocenters. The first-order valence-electron chi connectivity index (χ1n) is 9.35. The summed E-state index contributed by atoms with van der Waals surface area (Å²) in [5.74, 6) is 0.225. The molecule has 0 aliphatic carbocycles. The summed E-state index contributed by atoms with van der Waals surface area (Å²) in [6, 6.07) is 13.5. The van der Waals surface area contributed by atoms with E-state index in [4.69, 9.17) is 9.72 Å². The van der Waals surface area contributed by atoms with Crippen LogP contribution in [0.4, 0.5) is 4.39 Å². The monoisotopic (exact) mass is 340 g/mol. The van der Waals surface area contributed by atoms with E-state index in [-0.39, 0.29) is 5.82 Å². The van der Waals surface area contributed by atoms with E-state index in [0.717, 1.165) is 50.4 Å². The Balaban J connectivity index is 1.53. The van der Waals surface area contributed by atoms with Gasteiger partial charge in [0.15, 0.2) is 0 Å². The summed E-state index contributed by atoms with van der Waals surface area (Å²) in [6.07, 6.45) is 4.63. The Labute approximate surface area is 148 Å². The minimum atomic E-state index is -0.209. The lowest BCUT2D eigenvalue weighted by Gasteiger charge is -2.39. The Morgan fingerprint density at radius 1 is 1.00 bits per heavy atom. The van der Waals surface area contributed by atoms with E-state index >= 15 is 0 Å². The van der Waals surface area contributed by atoms with Crippen LogP contribution >= 0.6 is 0 Å². The molecular weight excluding hydrogens is 315 g/mol. The molecule has 2 aliphatic heterocycles. The second kappa shape index (κ2) is 7.63. The largest absolute Gasteiger partial charge is 0.381 e. The summed E-state index contributed by atoms with van der Waals surface area (Å²) in [4.78, 5) is 7.43.